The number of carbonyl (C=O) groups is 3. The molecular weight excluding hydrogens is 746 g/mol. The lowest BCUT2D eigenvalue weighted by Gasteiger charge is -2.45. The van der Waals surface area contributed by atoms with Gasteiger partial charge in [-0.1, -0.05) is 44.2 Å². The van der Waals surface area contributed by atoms with Crippen molar-refractivity contribution in [2.24, 2.45) is 5.92 Å². The van der Waals surface area contributed by atoms with Crippen molar-refractivity contribution in [3.05, 3.63) is 65.7 Å². The van der Waals surface area contributed by atoms with E-state index < -0.39 is 86.1 Å². The van der Waals surface area contributed by atoms with Gasteiger partial charge in [-0.05, 0) is 62.6 Å². The number of aliphatic hydroxyl groups excluding tert-OH is 6. The van der Waals surface area contributed by atoms with Crippen LogP contribution in [0.3, 0.4) is 0 Å². The number of nitrogens with one attached hydrogen (secondary N) is 2. The average Bonchev–Trinajstić information content (AvgIpc) is 3.22. The van der Waals surface area contributed by atoms with Gasteiger partial charge in [0.15, 0.2) is 12.4 Å². The SMILES string of the molecule is CC[C@H](C)C(=O)N1CCCNC(=O)C[C@@H](c2ccc(O[C@@H]3O[C@@H](C)[C@H](O)[C@@H](O)[C@H]3O[C@@H]3O[C@H](COC(=O)c4ccccc4)[C@@H](O)[C@H](O)[C@H]3O)cc2)NCC[C@H](O)C1. The fourth-order valence-electron chi connectivity index (χ4n) is 6.90. The lowest BCUT2D eigenvalue weighted by molar-refractivity contribution is -0.355. The highest BCUT2D eigenvalue weighted by molar-refractivity contribution is 5.89. The Morgan fingerprint density at radius 3 is 2.32 bits per heavy atom. The predicted octanol–water partition coefficient (Wildman–Crippen LogP) is -0.252. The molecule has 316 valence electrons. The van der Waals surface area contributed by atoms with Gasteiger partial charge in [-0.3, -0.25) is 9.59 Å². The monoisotopic (exact) mass is 803 g/mol. The number of ether oxygens (including phenoxy) is 5. The summed E-state index contributed by atoms with van der Waals surface area (Å²) in [4.78, 5) is 40.1. The minimum absolute atomic E-state index is 0.0197. The molecular formula is C40H57N3O14. The number of nitrogens with zero attached hydrogens (tertiary/aromatic N) is 1. The van der Waals surface area contributed by atoms with Crippen molar-refractivity contribution in [1.29, 1.82) is 0 Å². The second kappa shape index (κ2) is 20.8. The summed E-state index contributed by atoms with van der Waals surface area (Å²) in [5.74, 6) is -0.824. The second-order valence-electron chi connectivity index (χ2n) is 14.9. The van der Waals surface area contributed by atoms with Crippen molar-refractivity contribution in [2.75, 3.05) is 32.8 Å². The van der Waals surface area contributed by atoms with Gasteiger partial charge in [0.05, 0.1) is 17.8 Å². The first kappa shape index (κ1) is 44.4. The summed E-state index contributed by atoms with van der Waals surface area (Å²) in [7, 11) is 0. The molecule has 2 aromatic carbocycles. The molecule has 57 heavy (non-hydrogen) atoms. The van der Waals surface area contributed by atoms with Gasteiger partial charge in [0.2, 0.25) is 18.1 Å². The standard InChI is InChI=1S/C40H57N3O14/c1-4-22(2)37(51)43-18-8-16-42-30(45)19-28(41-17-15-26(44)20-43)24-11-13-27(14-12-24)55-40-36(34(49)31(46)23(3)54-40)57-39-35(50)33(48)32(47)29(56-39)21-53-38(52)25-9-6-5-7-10-25/h5-7,9-14,22-23,26,28-29,31-36,39-41,44,46-50H,4,8,15-21H2,1-3H3,(H,42,45)/t22-,23-,26-,28-,29+,31-,32+,33-,34+,35+,36+,39-,40-/m0/s1. The van der Waals surface area contributed by atoms with Crippen LogP contribution < -0.4 is 15.4 Å². The van der Waals surface area contributed by atoms with Gasteiger partial charge in [0.1, 0.15) is 49.0 Å². The van der Waals surface area contributed by atoms with Gasteiger partial charge in [0, 0.05) is 38.0 Å². The summed E-state index contributed by atoms with van der Waals surface area (Å²) >= 11 is 0. The maximum absolute atomic E-state index is 13.0. The number of esters is 1. The molecule has 3 aliphatic heterocycles. The van der Waals surface area contributed by atoms with Crippen LogP contribution in [-0.2, 0) is 28.5 Å². The molecule has 3 fully saturated rings. The summed E-state index contributed by atoms with van der Waals surface area (Å²) in [5.41, 5.74) is 0.985. The number of hydrogen-bond donors (Lipinski definition) is 8. The smallest absolute Gasteiger partial charge is 0.338 e. The third-order valence-electron chi connectivity index (χ3n) is 10.6. The molecule has 8 N–H and O–H groups in total. The van der Waals surface area contributed by atoms with Crippen LogP contribution >= 0.6 is 0 Å². The Bertz CT molecular complexity index is 1590. The molecule has 3 saturated heterocycles. The molecule has 3 heterocycles. The van der Waals surface area contributed by atoms with E-state index in [0.29, 0.717) is 38.9 Å². The average molecular weight is 804 g/mol. The van der Waals surface area contributed by atoms with Crippen molar-refractivity contribution < 1.29 is 68.7 Å². The Morgan fingerprint density at radius 1 is 0.895 bits per heavy atom. The van der Waals surface area contributed by atoms with Crippen molar-refractivity contribution >= 4 is 17.8 Å². The molecule has 0 aliphatic carbocycles. The Morgan fingerprint density at radius 2 is 1.61 bits per heavy atom. The van der Waals surface area contributed by atoms with Gasteiger partial charge in [-0.25, -0.2) is 4.79 Å². The van der Waals surface area contributed by atoms with Crippen LogP contribution in [0.25, 0.3) is 0 Å². The quantitative estimate of drug-likeness (QED) is 0.144. The molecule has 0 aromatic heterocycles. The van der Waals surface area contributed by atoms with Crippen LogP contribution in [0.2, 0.25) is 0 Å². The van der Waals surface area contributed by atoms with Gasteiger partial charge in [-0.15, -0.1) is 0 Å². The molecule has 0 unspecified atom stereocenters. The van der Waals surface area contributed by atoms with Crippen LogP contribution in [0.5, 0.6) is 5.75 Å². The number of rotatable bonds is 10. The van der Waals surface area contributed by atoms with Crippen LogP contribution in [0.15, 0.2) is 54.6 Å². The molecule has 17 heteroatoms. The number of carbonyl (C=O) groups excluding carboxylic acids is 3. The van der Waals surface area contributed by atoms with E-state index in [1.165, 1.54) is 19.1 Å². The first-order valence-corrected chi connectivity index (χ1v) is 19.6. The first-order valence-electron chi connectivity index (χ1n) is 19.6. The van der Waals surface area contributed by atoms with Gasteiger partial charge >= 0.3 is 5.97 Å². The van der Waals surface area contributed by atoms with E-state index in [0.717, 1.165) is 5.56 Å². The summed E-state index contributed by atoms with van der Waals surface area (Å²) < 4.78 is 28.9. The van der Waals surface area contributed by atoms with Crippen molar-refractivity contribution in [3.63, 3.8) is 0 Å². The maximum Gasteiger partial charge on any atom is 0.338 e. The van der Waals surface area contributed by atoms with Crippen molar-refractivity contribution in [3.8, 4) is 5.75 Å². The fraction of sp³-hybridized carbons (Fsp3) is 0.625. The Balaban J connectivity index is 1.24. The largest absolute Gasteiger partial charge is 0.462 e. The molecule has 2 aromatic rings. The highest BCUT2D eigenvalue weighted by atomic mass is 16.8. The van der Waals surface area contributed by atoms with E-state index in [4.69, 9.17) is 23.7 Å². The van der Waals surface area contributed by atoms with Crippen molar-refractivity contribution in [1.82, 2.24) is 15.5 Å². The molecule has 0 spiro atoms. The number of benzene rings is 2. The summed E-state index contributed by atoms with van der Waals surface area (Å²) in [6.45, 7) is 6.19. The molecule has 0 saturated carbocycles. The molecule has 2 amide bonds. The fourth-order valence-corrected chi connectivity index (χ4v) is 6.90. The minimum Gasteiger partial charge on any atom is -0.462 e. The van der Waals surface area contributed by atoms with Gasteiger partial charge < -0.3 is 69.9 Å². The zero-order valence-electron chi connectivity index (χ0n) is 32.5. The third kappa shape index (κ3) is 11.7. The zero-order chi connectivity index (χ0) is 41.2. The number of aliphatic hydroxyl groups is 6. The molecule has 3 aliphatic rings. The second-order valence-corrected chi connectivity index (χ2v) is 14.9. The third-order valence-corrected chi connectivity index (χ3v) is 10.6. The van der Waals surface area contributed by atoms with Crippen LogP contribution in [0.4, 0.5) is 0 Å². The predicted molar refractivity (Wildman–Crippen MR) is 201 cm³/mol. The Hall–Kier alpha value is -3.75. The van der Waals surface area contributed by atoms with Gasteiger partial charge in [0.25, 0.3) is 0 Å². The molecule has 0 bridgehead atoms. The van der Waals surface area contributed by atoms with E-state index in [1.54, 1.807) is 47.4 Å². The molecule has 0 radical (unpaired) electrons. The zero-order valence-corrected chi connectivity index (χ0v) is 32.5. The Labute approximate surface area is 331 Å². The van der Waals surface area contributed by atoms with E-state index >= 15 is 0 Å². The number of β-amino-alcohol motifs (C(OH)–C–C–N with tert-alkyl or cyclic N) is 1. The highest BCUT2D eigenvalue weighted by Crippen LogP contribution is 2.31. The van der Waals surface area contributed by atoms with Crippen LogP contribution in [0.1, 0.15) is 68.4 Å². The lowest BCUT2D eigenvalue weighted by Crippen LogP contribution is -2.64. The first-order chi connectivity index (χ1) is 27.3. The normalized spacial score (nSPS) is 33.8. The van der Waals surface area contributed by atoms with E-state index in [-0.39, 0.29) is 42.0 Å². The van der Waals surface area contributed by atoms with Crippen LogP contribution in [0, 0.1) is 5.92 Å². The van der Waals surface area contributed by atoms with E-state index in [2.05, 4.69) is 10.6 Å². The van der Waals surface area contributed by atoms with Gasteiger partial charge in [-0.2, -0.15) is 0 Å². The lowest BCUT2D eigenvalue weighted by atomic mass is 9.97. The molecule has 5 rings (SSSR count). The summed E-state index contributed by atoms with van der Waals surface area (Å²) in [5, 5.41) is 70.9. The van der Waals surface area contributed by atoms with E-state index in [1.807, 2.05) is 13.8 Å². The Kier molecular flexibility index (Phi) is 16.2. The molecule has 17 nitrogen and oxygen atoms in total. The maximum atomic E-state index is 13.0. The van der Waals surface area contributed by atoms with Crippen molar-refractivity contribution in [2.45, 2.75) is 120 Å². The minimum atomic E-state index is -1.82. The number of amides is 2. The van der Waals surface area contributed by atoms with E-state index in [9.17, 15) is 45.0 Å². The topological polar surface area (TPSA) is 246 Å². The van der Waals surface area contributed by atoms with Crippen LogP contribution in [-0.4, -0.2) is 154 Å². The molecule has 13 atom stereocenters. The summed E-state index contributed by atoms with van der Waals surface area (Å²) in [6, 6.07) is 14.4. The number of hydrogen-bond acceptors (Lipinski definition) is 15. The highest BCUT2D eigenvalue weighted by Gasteiger charge is 2.51. The summed E-state index contributed by atoms with van der Waals surface area (Å²) in [6.07, 6.45) is -14.2.